The molecule has 3 nitrogen and oxygen atoms in total. The van der Waals surface area contributed by atoms with Crippen molar-refractivity contribution in [2.75, 3.05) is 5.73 Å². The van der Waals surface area contributed by atoms with Crippen molar-refractivity contribution in [3.63, 3.8) is 0 Å². The summed E-state index contributed by atoms with van der Waals surface area (Å²) in [6, 6.07) is 13.5. The molecule has 0 fully saturated rings. The zero-order valence-electron chi connectivity index (χ0n) is 10.3. The van der Waals surface area contributed by atoms with Crippen molar-refractivity contribution in [1.82, 2.24) is 4.98 Å². The number of ether oxygens (including phenoxy) is 1. The number of hydrogen-bond donors (Lipinski definition) is 1. The highest BCUT2D eigenvalue weighted by Crippen LogP contribution is 2.27. The largest absolute Gasteiger partial charge is 0.436 e. The molecule has 100 valence electrons. The SMILES string of the molecule is Nc1ccc2nc(Oc3ccc(Br)cc3F)ccc2c1. The van der Waals surface area contributed by atoms with Gasteiger partial charge in [-0.2, -0.15) is 0 Å². The Hall–Kier alpha value is -2.14. The van der Waals surface area contributed by atoms with E-state index in [1.807, 2.05) is 12.1 Å². The predicted molar refractivity (Wildman–Crippen MR) is 80.3 cm³/mol. The molecule has 0 aliphatic carbocycles. The maximum atomic E-state index is 13.7. The maximum absolute atomic E-state index is 13.7. The molecule has 0 spiro atoms. The number of hydrogen-bond acceptors (Lipinski definition) is 3. The summed E-state index contributed by atoms with van der Waals surface area (Å²) in [4.78, 5) is 4.32. The van der Waals surface area contributed by atoms with E-state index in [2.05, 4.69) is 20.9 Å². The molecule has 0 saturated carbocycles. The van der Waals surface area contributed by atoms with E-state index in [0.717, 1.165) is 10.9 Å². The van der Waals surface area contributed by atoms with E-state index in [9.17, 15) is 4.39 Å². The van der Waals surface area contributed by atoms with Gasteiger partial charge in [-0.15, -0.1) is 0 Å². The average molecular weight is 333 g/mol. The van der Waals surface area contributed by atoms with Crippen molar-refractivity contribution in [3.05, 3.63) is 58.8 Å². The van der Waals surface area contributed by atoms with Crippen LogP contribution in [0.1, 0.15) is 0 Å². The van der Waals surface area contributed by atoms with Gasteiger partial charge >= 0.3 is 0 Å². The van der Waals surface area contributed by atoms with Crippen LogP contribution < -0.4 is 10.5 Å². The molecule has 2 aromatic carbocycles. The molecule has 0 aliphatic rings. The van der Waals surface area contributed by atoms with Crippen LogP contribution in [0.5, 0.6) is 11.6 Å². The first-order valence-electron chi connectivity index (χ1n) is 5.91. The highest BCUT2D eigenvalue weighted by atomic mass is 79.9. The van der Waals surface area contributed by atoms with E-state index in [1.54, 1.807) is 30.3 Å². The Morgan fingerprint density at radius 1 is 1.05 bits per heavy atom. The molecule has 2 N–H and O–H groups in total. The second-order valence-electron chi connectivity index (χ2n) is 4.28. The van der Waals surface area contributed by atoms with Crippen LogP contribution in [0.4, 0.5) is 10.1 Å². The molecule has 0 saturated heterocycles. The summed E-state index contributed by atoms with van der Waals surface area (Å²) in [7, 11) is 0. The molecular formula is C15H10BrFN2O. The van der Waals surface area contributed by atoms with Crippen LogP contribution in [-0.4, -0.2) is 4.98 Å². The Morgan fingerprint density at radius 2 is 1.90 bits per heavy atom. The van der Waals surface area contributed by atoms with E-state index < -0.39 is 5.82 Å². The third-order valence-electron chi connectivity index (χ3n) is 2.80. The number of rotatable bonds is 2. The van der Waals surface area contributed by atoms with E-state index in [4.69, 9.17) is 10.5 Å². The summed E-state index contributed by atoms with van der Waals surface area (Å²) in [5.74, 6) is 0.0255. The smallest absolute Gasteiger partial charge is 0.219 e. The van der Waals surface area contributed by atoms with Gasteiger partial charge in [-0.05, 0) is 42.5 Å². The van der Waals surface area contributed by atoms with E-state index >= 15 is 0 Å². The standard InChI is InChI=1S/C15H10BrFN2O/c16-10-2-5-14(12(17)8-10)20-15-6-1-9-7-11(18)3-4-13(9)19-15/h1-8H,18H2. The van der Waals surface area contributed by atoms with Crippen LogP contribution in [0.25, 0.3) is 10.9 Å². The minimum atomic E-state index is -0.446. The number of nitrogen functional groups attached to an aromatic ring is 1. The van der Waals surface area contributed by atoms with Gasteiger partial charge in [0.1, 0.15) is 0 Å². The Bertz CT molecular complexity index is 792. The van der Waals surface area contributed by atoms with Gasteiger partial charge in [-0.25, -0.2) is 9.37 Å². The van der Waals surface area contributed by atoms with Gasteiger partial charge < -0.3 is 10.5 Å². The van der Waals surface area contributed by atoms with Crippen molar-refractivity contribution in [1.29, 1.82) is 0 Å². The number of nitrogens with zero attached hydrogens (tertiary/aromatic N) is 1. The molecule has 0 bridgehead atoms. The Kier molecular flexibility index (Phi) is 3.28. The lowest BCUT2D eigenvalue weighted by molar-refractivity contribution is 0.429. The fourth-order valence-electron chi connectivity index (χ4n) is 1.85. The molecule has 0 radical (unpaired) electrons. The number of halogens is 2. The van der Waals surface area contributed by atoms with Crippen molar-refractivity contribution in [3.8, 4) is 11.6 Å². The summed E-state index contributed by atoms with van der Waals surface area (Å²) in [5.41, 5.74) is 7.12. The van der Waals surface area contributed by atoms with Gasteiger partial charge in [0.2, 0.25) is 5.88 Å². The summed E-state index contributed by atoms with van der Waals surface area (Å²) >= 11 is 3.20. The predicted octanol–water partition coefficient (Wildman–Crippen LogP) is 4.51. The summed E-state index contributed by atoms with van der Waals surface area (Å²) in [5, 5.41) is 0.911. The lowest BCUT2D eigenvalue weighted by atomic mass is 10.2. The molecule has 3 rings (SSSR count). The first kappa shape index (κ1) is 12.9. The molecule has 1 aromatic heterocycles. The number of fused-ring (bicyclic) bond motifs is 1. The van der Waals surface area contributed by atoms with Crippen molar-refractivity contribution in [2.24, 2.45) is 0 Å². The second-order valence-corrected chi connectivity index (χ2v) is 5.19. The molecule has 0 amide bonds. The molecular weight excluding hydrogens is 323 g/mol. The molecule has 5 heteroatoms. The Morgan fingerprint density at radius 3 is 2.70 bits per heavy atom. The van der Waals surface area contributed by atoms with Crippen molar-refractivity contribution in [2.45, 2.75) is 0 Å². The molecule has 0 aliphatic heterocycles. The number of pyridine rings is 1. The van der Waals surface area contributed by atoms with Crippen LogP contribution in [0, 0.1) is 5.82 Å². The summed E-state index contributed by atoms with van der Waals surface area (Å²) in [6.07, 6.45) is 0. The minimum Gasteiger partial charge on any atom is -0.436 e. The zero-order valence-corrected chi connectivity index (χ0v) is 11.9. The maximum Gasteiger partial charge on any atom is 0.219 e. The van der Waals surface area contributed by atoms with E-state index in [0.29, 0.717) is 16.0 Å². The van der Waals surface area contributed by atoms with Crippen LogP contribution in [-0.2, 0) is 0 Å². The van der Waals surface area contributed by atoms with Gasteiger partial charge in [0.15, 0.2) is 11.6 Å². The van der Waals surface area contributed by atoms with Crippen molar-refractivity contribution >= 4 is 32.5 Å². The van der Waals surface area contributed by atoms with Crippen LogP contribution in [0.3, 0.4) is 0 Å². The molecule has 0 atom stereocenters. The highest BCUT2D eigenvalue weighted by molar-refractivity contribution is 9.10. The zero-order chi connectivity index (χ0) is 14.1. The van der Waals surface area contributed by atoms with Gasteiger partial charge in [0.05, 0.1) is 5.52 Å². The normalized spacial score (nSPS) is 10.7. The summed E-state index contributed by atoms with van der Waals surface area (Å²) < 4.78 is 19.8. The number of benzene rings is 2. The molecule has 20 heavy (non-hydrogen) atoms. The highest BCUT2D eigenvalue weighted by Gasteiger charge is 2.07. The number of nitrogens with two attached hydrogens (primary N) is 1. The number of anilines is 1. The van der Waals surface area contributed by atoms with Gasteiger partial charge in [-0.3, -0.25) is 0 Å². The van der Waals surface area contributed by atoms with E-state index in [1.165, 1.54) is 6.07 Å². The minimum absolute atomic E-state index is 0.135. The quantitative estimate of drug-likeness (QED) is 0.702. The topological polar surface area (TPSA) is 48.1 Å². The average Bonchev–Trinajstić information content (AvgIpc) is 2.42. The lowest BCUT2D eigenvalue weighted by Crippen LogP contribution is -1.92. The third-order valence-corrected chi connectivity index (χ3v) is 3.29. The Balaban J connectivity index is 1.96. The van der Waals surface area contributed by atoms with Crippen LogP contribution in [0.2, 0.25) is 0 Å². The fraction of sp³-hybridized carbons (Fsp3) is 0. The third kappa shape index (κ3) is 2.58. The van der Waals surface area contributed by atoms with Crippen LogP contribution >= 0.6 is 15.9 Å². The molecule has 1 heterocycles. The second kappa shape index (κ2) is 5.09. The first-order valence-corrected chi connectivity index (χ1v) is 6.70. The lowest BCUT2D eigenvalue weighted by Gasteiger charge is -2.07. The van der Waals surface area contributed by atoms with Gasteiger partial charge in [0, 0.05) is 21.6 Å². The van der Waals surface area contributed by atoms with E-state index in [-0.39, 0.29) is 5.75 Å². The Labute approximate surface area is 123 Å². The number of aromatic nitrogens is 1. The first-order chi connectivity index (χ1) is 9.61. The van der Waals surface area contributed by atoms with Gasteiger partial charge in [-0.1, -0.05) is 15.9 Å². The molecule has 3 aromatic rings. The molecule has 0 unspecified atom stereocenters. The summed E-state index contributed by atoms with van der Waals surface area (Å²) in [6.45, 7) is 0. The monoisotopic (exact) mass is 332 g/mol. The van der Waals surface area contributed by atoms with Crippen LogP contribution in [0.15, 0.2) is 53.0 Å². The fourth-order valence-corrected chi connectivity index (χ4v) is 2.19. The van der Waals surface area contributed by atoms with Crippen molar-refractivity contribution < 1.29 is 9.13 Å². The van der Waals surface area contributed by atoms with Gasteiger partial charge in [0.25, 0.3) is 0 Å².